The molecule has 19 heavy (non-hydrogen) atoms. The first-order valence-electron chi connectivity index (χ1n) is 5.91. The minimum absolute atomic E-state index is 0.426. The van der Waals surface area contributed by atoms with Crippen molar-refractivity contribution in [1.29, 1.82) is 0 Å². The van der Waals surface area contributed by atoms with Crippen molar-refractivity contribution in [2.75, 3.05) is 6.61 Å². The number of nitrogens with zero attached hydrogens (tertiary/aromatic N) is 1. The molecule has 0 amide bonds. The van der Waals surface area contributed by atoms with Crippen LogP contribution in [0.15, 0.2) is 18.2 Å². The number of hydrogen-bond acceptors (Lipinski definition) is 4. The zero-order chi connectivity index (χ0) is 14.8. The molecule has 0 aliphatic heterocycles. The van der Waals surface area contributed by atoms with Gasteiger partial charge in [0, 0.05) is 12.0 Å². The van der Waals surface area contributed by atoms with E-state index in [0.29, 0.717) is 5.56 Å². The summed E-state index contributed by atoms with van der Waals surface area (Å²) < 4.78 is 13.6. The van der Waals surface area contributed by atoms with Crippen LogP contribution in [-0.4, -0.2) is 27.8 Å². The van der Waals surface area contributed by atoms with Gasteiger partial charge in [-0.05, 0) is 17.0 Å². The molecule has 0 aliphatic rings. The van der Waals surface area contributed by atoms with Gasteiger partial charge < -0.3 is 10.2 Å². The Bertz CT molecular complexity index is 470. The average molecular weight is 271 g/mol. The second-order valence-electron chi connectivity index (χ2n) is 5.56. The van der Waals surface area contributed by atoms with E-state index in [1.165, 1.54) is 6.07 Å². The van der Waals surface area contributed by atoms with Crippen molar-refractivity contribution < 1.29 is 19.5 Å². The Kier molecular flexibility index (Phi) is 4.60. The molecule has 1 rings (SSSR count). The quantitative estimate of drug-likeness (QED) is 0.649. The third-order valence-corrected chi connectivity index (χ3v) is 3.03. The fraction of sp³-hybridized carbons (Fsp3) is 0.538. The number of aliphatic hydroxyl groups excluding tert-OH is 2. The predicted octanol–water partition coefficient (Wildman–Crippen LogP) is 2.22. The van der Waals surface area contributed by atoms with Crippen molar-refractivity contribution in [3.8, 4) is 0 Å². The van der Waals surface area contributed by atoms with Crippen LogP contribution < -0.4 is 0 Å². The molecular weight excluding hydrogens is 253 g/mol. The fourth-order valence-electron chi connectivity index (χ4n) is 2.27. The molecule has 5 nitrogen and oxygen atoms in total. The number of nitro benzene ring substituents is 1. The summed E-state index contributed by atoms with van der Waals surface area (Å²) in [6.45, 7) is 5.07. The third-order valence-electron chi connectivity index (χ3n) is 3.03. The van der Waals surface area contributed by atoms with E-state index in [4.69, 9.17) is 5.11 Å². The first-order chi connectivity index (χ1) is 8.68. The highest BCUT2D eigenvalue weighted by molar-refractivity contribution is 5.37. The molecule has 0 spiro atoms. The Hall–Kier alpha value is -1.53. The molecule has 0 saturated carbocycles. The maximum atomic E-state index is 13.6. The van der Waals surface area contributed by atoms with E-state index in [2.05, 4.69) is 0 Å². The van der Waals surface area contributed by atoms with Gasteiger partial charge in [0.25, 0.3) is 0 Å². The second-order valence-corrected chi connectivity index (χ2v) is 5.56. The summed E-state index contributed by atoms with van der Waals surface area (Å²) in [4.78, 5) is 9.77. The van der Waals surface area contributed by atoms with Crippen molar-refractivity contribution in [3.63, 3.8) is 0 Å². The molecule has 0 heterocycles. The van der Waals surface area contributed by atoms with Crippen molar-refractivity contribution in [2.45, 2.75) is 32.8 Å². The molecular formula is C13H18FNO4. The van der Waals surface area contributed by atoms with E-state index in [9.17, 15) is 19.6 Å². The van der Waals surface area contributed by atoms with Crippen LogP contribution >= 0.6 is 0 Å². The number of nitro groups is 1. The Morgan fingerprint density at radius 1 is 1.42 bits per heavy atom. The lowest BCUT2D eigenvalue weighted by Crippen LogP contribution is -2.32. The average Bonchev–Trinajstić information content (AvgIpc) is 2.26. The van der Waals surface area contributed by atoms with Crippen LogP contribution in [0.25, 0.3) is 0 Å². The van der Waals surface area contributed by atoms with Gasteiger partial charge in [-0.3, -0.25) is 10.1 Å². The molecule has 1 aromatic rings. The van der Waals surface area contributed by atoms with Crippen LogP contribution in [0.2, 0.25) is 0 Å². The Balaban J connectivity index is 3.25. The maximum Gasteiger partial charge on any atom is 0.304 e. The highest BCUT2D eigenvalue weighted by atomic mass is 19.1. The van der Waals surface area contributed by atoms with Crippen molar-refractivity contribution in [2.24, 2.45) is 5.41 Å². The summed E-state index contributed by atoms with van der Waals surface area (Å²) in [5.41, 5.74) is -0.600. The number of rotatable bonds is 4. The molecule has 2 N–H and O–H groups in total. The lowest BCUT2D eigenvalue weighted by Gasteiger charge is -2.34. The van der Waals surface area contributed by atoms with Crippen LogP contribution in [0.1, 0.15) is 32.3 Å². The molecule has 2 atom stereocenters. The van der Waals surface area contributed by atoms with Gasteiger partial charge in [0.2, 0.25) is 5.82 Å². The van der Waals surface area contributed by atoms with Crippen LogP contribution in [-0.2, 0) is 0 Å². The smallest absolute Gasteiger partial charge is 0.304 e. The van der Waals surface area contributed by atoms with E-state index < -0.39 is 40.5 Å². The molecule has 0 aliphatic carbocycles. The lowest BCUT2D eigenvalue weighted by atomic mass is 9.73. The number of benzene rings is 1. The molecule has 0 fully saturated rings. The van der Waals surface area contributed by atoms with Gasteiger partial charge in [-0.25, -0.2) is 0 Å². The summed E-state index contributed by atoms with van der Waals surface area (Å²) in [5.74, 6) is -1.46. The number of hydrogen-bond donors (Lipinski definition) is 2. The van der Waals surface area contributed by atoms with Gasteiger partial charge in [-0.15, -0.1) is 0 Å². The third kappa shape index (κ3) is 3.48. The predicted molar refractivity (Wildman–Crippen MR) is 68.3 cm³/mol. The summed E-state index contributed by atoms with van der Waals surface area (Å²) in [6.07, 6.45) is -1.05. The topological polar surface area (TPSA) is 83.6 Å². The minimum atomic E-state index is -1.05. The first-order valence-corrected chi connectivity index (χ1v) is 5.91. The Morgan fingerprint density at radius 2 is 2.00 bits per heavy atom. The molecule has 6 heteroatoms. The van der Waals surface area contributed by atoms with Gasteiger partial charge in [-0.1, -0.05) is 26.8 Å². The van der Waals surface area contributed by atoms with Crippen molar-refractivity contribution in [1.82, 2.24) is 0 Å². The normalized spacial score (nSPS) is 15.1. The molecule has 0 aromatic heterocycles. The van der Waals surface area contributed by atoms with E-state index >= 15 is 0 Å². The SMILES string of the molecule is CC(C)(C)C(c1ccc([N+](=O)[O-])c(F)c1)[C@H](O)CO. The van der Waals surface area contributed by atoms with Crippen LogP contribution in [0.4, 0.5) is 10.1 Å². The minimum Gasteiger partial charge on any atom is -0.394 e. The first kappa shape index (κ1) is 15.5. The molecule has 0 bridgehead atoms. The largest absolute Gasteiger partial charge is 0.394 e. The van der Waals surface area contributed by atoms with Crippen LogP contribution in [0.3, 0.4) is 0 Å². The standard InChI is InChI=1S/C13H18FNO4/c1-13(2,3)12(11(17)7-16)8-4-5-10(15(18)19)9(14)6-8/h4-6,11-12,16-17H,7H2,1-3H3/t11-,12?/m1/s1. The van der Waals surface area contributed by atoms with Gasteiger partial charge in [-0.2, -0.15) is 4.39 Å². The van der Waals surface area contributed by atoms with Gasteiger partial charge in [0.1, 0.15) is 0 Å². The molecule has 0 saturated heterocycles. The molecule has 106 valence electrons. The Morgan fingerprint density at radius 3 is 2.37 bits per heavy atom. The molecule has 0 radical (unpaired) electrons. The van der Waals surface area contributed by atoms with Crippen LogP contribution in [0.5, 0.6) is 0 Å². The monoisotopic (exact) mass is 271 g/mol. The zero-order valence-corrected chi connectivity index (χ0v) is 11.1. The summed E-state index contributed by atoms with van der Waals surface area (Å²) >= 11 is 0. The lowest BCUT2D eigenvalue weighted by molar-refractivity contribution is -0.387. The van der Waals surface area contributed by atoms with Gasteiger partial charge in [0.05, 0.1) is 17.6 Å². The highest BCUT2D eigenvalue weighted by Gasteiger charge is 2.33. The molecule has 1 aromatic carbocycles. The maximum absolute atomic E-state index is 13.6. The second kappa shape index (κ2) is 5.63. The zero-order valence-electron chi connectivity index (χ0n) is 11.1. The Labute approximate surface area is 110 Å². The van der Waals surface area contributed by atoms with E-state index in [-0.39, 0.29) is 0 Å². The van der Waals surface area contributed by atoms with E-state index in [1.807, 2.05) is 20.8 Å². The highest BCUT2D eigenvalue weighted by Crippen LogP contribution is 2.38. The molecule has 1 unspecified atom stereocenters. The van der Waals surface area contributed by atoms with Gasteiger partial charge >= 0.3 is 5.69 Å². The van der Waals surface area contributed by atoms with Gasteiger partial charge in [0.15, 0.2) is 0 Å². The number of aliphatic hydroxyl groups is 2. The van der Waals surface area contributed by atoms with E-state index in [1.54, 1.807) is 0 Å². The fourth-order valence-corrected chi connectivity index (χ4v) is 2.27. The van der Waals surface area contributed by atoms with E-state index in [0.717, 1.165) is 12.1 Å². The summed E-state index contributed by atoms with van der Waals surface area (Å²) in [5, 5.41) is 29.5. The van der Waals surface area contributed by atoms with Crippen LogP contribution in [0, 0.1) is 21.3 Å². The summed E-state index contributed by atoms with van der Waals surface area (Å²) in [7, 11) is 0. The van der Waals surface area contributed by atoms with Crippen molar-refractivity contribution >= 4 is 5.69 Å². The number of halogens is 1. The summed E-state index contributed by atoms with van der Waals surface area (Å²) in [6, 6.07) is 3.54. The van der Waals surface area contributed by atoms with Crippen molar-refractivity contribution in [3.05, 3.63) is 39.7 Å².